The fraction of sp³-hybridized carbons (Fsp3) is 0.333. The molecule has 0 aliphatic carbocycles. The van der Waals surface area contributed by atoms with Gasteiger partial charge in [0.25, 0.3) is 5.56 Å². The summed E-state index contributed by atoms with van der Waals surface area (Å²) in [6, 6.07) is 13.9. The second kappa shape index (κ2) is 6.92. The molecular weight excluding hydrogens is 326 g/mol. The van der Waals surface area contributed by atoms with Crippen LogP contribution in [0.2, 0.25) is 0 Å². The molecule has 5 nitrogen and oxygen atoms in total. The number of hydrogen-bond donors (Lipinski definition) is 0. The Morgan fingerprint density at radius 3 is 2.77 bits per heavy atom. The summed E-state index contributed by atoms with van der Waals surface area (Å²) >= 11 is 0. The van der Waals surface area contributed by atoms with Crippen LogP contribution in [0.3, 0.4) is 0 Å². The smallest absolute Gasteiger partial charge is 0.258 e. The number of pyridine rings is 1. The lowest BCUT2D eigenvalue weighted by Crippen LogP contribution is -2.23. The van der Waals surface area contributed by atoms with Gasteiger partial charge in [-0.25, -0.2) is 4.98 Å². The SMILES string of the molecule is COc1ccc([C@H]2CCN(Cc3cc(=O)n4cc(C)ccc4n3)C2)cc1. The number of fused-ring (bicyclic) bond motifs is 1. The first kappa shape index (κ1) is 16.8. The molecule has 3 heterocycles. The number of methoxy groups -OCH3 is 1. The second-order valence-electron chi connectivity index (χ2n) is 7.01. The zero-order valence-electron chi connectivity index (χ0n) is 15.2. The van der Waals surface area contributed by atoms with Crippen LogP contribution in [-0.4, -0.2) is 34.5 Å². The van der Waals surface area contributed by atoms with Gasteiger partial charge in [0.2, 0.25) is 0 Å². The van der Waals surface area contributed by atoms with E-state index in [1.54, 1.807) is 17.6 Å². The standard InChI is InChI=1S/C21H23N3O2/c1-15-3-8-20-22-18(11-21(25)24(20)12-15)14-23-10-9-17(13-23)16-4-6-19(26-2)7-5-16/h3-8,11-12,17H,9-10,13-14H2,1-2H3/t17-/m0/s1. The summed E-state index contributed by atoms with van der Waals surface area (Å²) in [5, 5.41) is 0. The lowest BCUT2D eigenvalue weighted by atomic mass is 9.98. The van der Waals surface area contributed by atoms with E-state index in [0.717, 1.165) is 36.5 Å². The highest BCUT2D eigenvalue weighted by Crippen LogP contribution is 2.29. The average molecular weight is 349 g/mol. The molecule has 1 aliphatic rings. The number of likely N-dealkylation sites (tertiary alicyclic amines) is 1. The van der Waals surface area contributed by atoms with Crippen LogP contribution in [0.25, 0.3) is 5.65 Å². The molecule has 0 unspecified atom stereocenters. The first-order valence-electron chi connectivity index (χ1n) is 8.97. The van der Waals surface area contributed by atoms with Gasteiger partial charge in [-0.3, -0.25) is 14.1 Å². The Bertz CT molecular complexity index is 979. The van der Waals surface area contributed by atoms with Crippen molar-refractivity contribution in [1.29, 1.82) is 0 Å². The summed E-state index contributed by atoms with van der Waals surface area (Å²) in [5.74, 6) is 1.41. The van der Waals surface area contributed by atoms with Gasteiger partial charge in [0.15, 0.2) is 0 Å². The third kappa shape index (κ3) is 3.35. The maximum absolute atomic E-state index is 12.4. The van der Waals surface area contributed by atoms with E-state index in [0.29, 0.717) is 18.1 Å². The first-order valence-corrected chi connectivity index (χ1v) is 8.97. The van der Waals surface area contributed by atoms with Crippen molar-refractivity contribution in [3.8, 4) is 5.75 Å². The quantitative estimate of drug-likeness (QED) is 0.726. The van der Waals surface area contributed by atoms with Gasteiger partial charge in [-0.05, 0) is 55.1 Å². The molecule has 134 valence electrons. The van der Waals surface area contributed by atoms with Crippen molar-refractivity contribution in [3.63, 3.8) is 0 Å². The van der Waals surface area contributed by atoms with Crippen LogP contribution < -0.4 is 10.3 Å². The number of rotatable bonds is 4. The normalized spacial score (nSPS) is 17.7. The first-order chi connectivity index (χ1) is 12.6. The molecule has 0 spiro atoms. The molecule has 0 saturated carbocycles. The minimum atomic E-state index is -0.0143. The van der Waals surface area contributed by atoms with Crippen LogP contribution in [-0.2, 0) is 6.54 Å². The van der Waals surface area contributed by atoms with E-state index in [9.17, 15) is 4.79 Å². The van der Waals surface area contributed by atoms with Crippen LogP contribution in [0.4, 0.5) is 0 Å². The Morgan fingerprint density at radius 2 is 2.00 bits per heavy atom. The number of hydrogen-bond acceptors (Lipinski definition) is 4. The predicted molar refractivity (Wildman–Crippen MR) is 102 cm³/mol. The largest absolute Gasteiger partial charge is 0.497 e. The van der Waals surface area contributed by atoms with E-state index in [-0.39, 0.29) is 5.56 Å². The maximum Gasteiger partial charge on any atom is 0.258 e. The Morgan fingerprint density at radius 1 is 1.19 bits per heavy atom. The van der Waals surface area contributed by atoms with Crippen molar-refractivity contribution in [2.75, 3.05) is 20.2 Å². The monoisotopic (exact) mass is 349 g/mol. The minimum Gasteiger partial charge on any atom is -0.497 e. The number of aryl methyl sites for hydroxylation is 1. The van der Waals surface area contributed by atoms with Crippen LogP contribution in [0, 0.1) is 6.92 Å². The molecule has 1 saturated heterocycles. The van der Waals surface area contributed by atoms with E-state index in [1.165, 1.54) is 5.56 Å². The van der Waals surface area contributed by atoms with E-state index in [4.69, 9.17) is 4.74 Å². The van der Waals surface area contributed by atoms with Crippen LogP contribution in [0.5, 0.6) is 5.75 Å². The lowest BCUT2D eigenvalue weighted by molar-refractivity contribution is 0.322. The molecule has 1 atom stereocenters. The second-order valence-corrected chi connectivity index (χ2v) is 7.01. The number of aromatic nitrogens is 2. The van der Waals surface area contributed by atoms with Gasteiger partial charge >= 0.3 is 0 Å². The zero-order chi connectivity index (χ0) is 18.1. The third-order valence-corrected chi connectivity index (χ3v) is 5.11. The summed E-state index contributed by atoms with van der Waals surface area (Å²) in [6.07, 6.45) is 2.96. The summed E-state index contributed by atoms with van der Waals surface area (Å²) in [4.78, 5) is 19.4. The number of benzene rings is 1. The fourth-order valence-electron chi connectivity index (χ4n) is 3.69. The summed E-state index contributed by atoms with van der Waals surface area (Å²) < 4.78 is 6.85. The van der Waals surface area contributed by atoms with Gasteiger partial charge in [0, 0.05) is 25.4 Å². The summed E-state index contributed by atoms with van der Waals surface area (Å²) in [5.41, 5.74) is 3.93. The van der Waals surface area contributed by atoms with Crippen molar-refractivity contribution in [2.45, 2.75) is 25.8 Å². The van der Waals surface area contributed by atoms with Crippen molar-refractivity contribution in [2.24, 2.45) is 0 Å². The molecule has 3 aromatic rings. The van der Waals surface area contributed by atoms with E-state index in [1.807, 2.05) is 37.4 Å². The van der Waals surface area contributed by atoms with E-state index < -0.39 is 0 Å². The Hall–Kier alpha value is -2.66. The van der Waals surface area contributed by atoms with Crippen LogP contribution in [0.15, 0.2) is 53.5 Å². The van der Waals surface area contributed by atoms with Gasteiger partial charge in [-0.2, -0.15) is 0 Å². The fourth-order valence-corrected chi connectivity index (χ4v) is 3.69. The molecule has 1 aliphatic heterocycles. The number of ether oxygens (including phenoxy) is 1. The minimum absolute atomic E-state index is 0.0143. The molecule has 0 radical (unpaired) electrons. The highest BCUT2D eigenvalue weighted by molar-refractivity contribution is 5.40. The zero-order valence-corrected chi connectivity index (χ0v) is 15.2. The van der Waals surface area contributed by atoms with Gasteiger partial charge in [-0.15, -0.1) is 0 Å². The maximum atomic E-state index is 12.4. The van der Waals surface area contributed by atoms with Gasteiger partial charge in [0.1, 0.15) is 11.4 Å². The molecule has 0 bridgehead atoms. The number of nitrogens with zero attached hydrogens (tertiary/aromatic N) is 3. The molecule has 2 aromatic heterocycles. The Labute approximate surface area is 152 Å². The summed E-state index contributed by atoms with van der Waals surface area (Å²) in [7, 11) is 1.69. The van der Waals surface area contributed by atoms with E-state index >= 15 is 0 Å². The topological polar surface area (TPSA) is 46.8 Å². The molecule has 0 N–H and O–H groups in total. The molecule has 0 amide bonds. The third-order valence-electron chi connectivity index (χ3n) is 5.11. The van der Waals surface area contributed by atoms with Crippen molar-refractivity contribution >= 4 is 5.65 Å². The van der Waals surface area contributed by atoms with E-state index in [2.05, 4.69) is 22.0 Å². The van der Waals surface area contributed by atoms with Crippen LogP contribution >= 0.6 is 0 Å². The Kier molecular flexibility index (Phi) is 4.47. The van der Waals surface area contributed by atoms with Crippen molar-refractivity contribution in [3.05, 3.63) is 75.8 Å². The highest BCUT2D eigenvalue weighted by atomic mass is 16.5. The van der Waals surface area contributed by atoms with Crippen molar-refractivity contribution < 1.29 is 4.74 Å². The van der Waals surface area contributed by atoms with Gasteiger partial charge < -0.3 is 4.74 Å². The molecule has 26 heavy (non-hydrogen) atoms. The predicted octanol–water partition coefficient (Wildman–Crippen LogP) is 3.00. The highest BCUT2D eigenvalue weighted by Gasteiger charge is 2.24. The molecule has 5 heteroatoms. The molecule has 4 rings (SSSR count). The molecular formula is C21H23N3O2. The average Bonchev–Trinajstić information content (AvgIpc) is 3.11. The van der Waals surface area contributed by atoms with Gasteiger partial charge in [0.05, 0.1) is 12.8 Å². The van der Waals surface area contributed by atoms with Crippen molar-refractivity contribution in [1.82, 2.24) is 14.3 Å². The summed E-state index contributed by atoms with van der Waals surface area (Å²) in [6.45, 7) is 4.70. The Balaban J connectivity index is 1.49. The van der Waals surface area contributed by atoms with Gasteiger partial charge in [-0.1, -0.05) is 18.2 Å². The molecule has 1 fully saturated rings. The lowest BCUT2D eigenvalue weighted by Gasteiger charge is -2.16. The van der Waals surface area contributed by atoms with Crippen LogP contribution in [0.1, 0.15) is 29.2 Å². The molecule has 1 aromatic carbocycles.